The summed E-state index contributed by atoms with van der Waals surface area (Å²) < 4.78 is 3.15. The van der Waals surface area contributed by atoms with Crippen LogP contribution in [0, 0.1) is 30.3 Å². The van der Waals surface area contributed by atoms with E-state index in [1.165, 1.54) is 24.3 Å². The molecule has 30 heavy (non-hydrogen) atoms. The summed E-state index contributed by atoms with van der Waals surface area (Å²) in [4.78, 5) is 32.4. The first-order chi connectivity index (χ1) is 14.3. The number of nitro groups is 3. The Morgan fingerprint density at radius 3 is 1.43 bits per heavy atom. The monoisotopic (exact) mass is 410 g/mol. The van der Waals surface area contributed by atoms with Crippen LogP contribution in [0.15, 0.2) is 61.2 Å². The van der Waals surface area contributed by atoms with Crippen molar-refractivity contribution >= 4 is 32.9 Å². The molecule has 0 bridgehead atoms. The molecule has 2 aromatic heterocycles. The molecule has 4 aromatic rings. The molecule has 0 spiro atoms. The molecule has 152 valence electrons. The molecule has 4 rings (SSSR count). The fraction of sp³-hybridized carbons (Fsp3) is 0.111. The van der Waals surface area contributed by atoms with Gasteiger partial charge in [0.2, 0.25) is 0 Å². The Hall–Kier alpha value is -4.48. The molecule has 2 aromatic carbocycles. The molecule has 0 radical (unpaired) electrons. The van der Waals surface area contributed by atoms with Gasteiger partial charge in [0, 0.05) is 59.8 Å². The average Bonchev–Trinajstić information content (AvgIpc) is 3.28. The highest BCUT2D eigenvalue weighted by molar-refractivity contribution is 5.85. The molecule has 12 heteroatoms. The van der Waals surface area contributed by atoms with Gasteiger partial charge >= 0.3 is 0 Å². The van der Waals surface area contributed by atoms with Crippen molar-refractivity contribution < 1.29 is 14.9 Å². The van der Waals surface area contributed by atoms with Crippen molar-refractivity contribution in [3.8, 4) is 0 Å². The Labute approximate surface area is 167 Å². The first kappa shape index (κ1) is 18.9. The van der Waals surface area contributed by atoms with E-state index in [0.717, 1.165) is 15.8 Å². The molecule has 0 N–H and O–H groups in total. The maximum atomic E-state index is 11.6. The second-order valence-corrected chi connectivity index (χ2v) is 6.71. The fourth-order valence-electron chi connectivity index (χ4n) is 3.29. The Bertz CT molecular complexity index is 1220. The summed E-state index contributed by atoms with van der Waals surface area (Å²) in [6.45, 7) is -0.186. The number of non-ortho nitro benzene ring substituents is 2. The number of rotatable bonds is 7. The van der Waals surface area contributed by atoms with Gasteiger partial charge in [0.25, 0.3) is 11.4 Å². The zero-order valence-electron chi connectivity index (χ0n) is 15.3. The summed E-state index contributed by atoms with van der Waals surface area (Å²) in [5.41, 5.74) is -0.112. The van der Waals surface area contributed by atoms with Crippen molar-refractivity contribution in [2.75, 3.05) is 0 Å². The number of hydrogen-bond acceptors (Lipinski definition) is 6. The van der Waals surface area contributed by atoms with Crippen LogP contribution in [-0.4, -0.2) is 29.0 Å². The number of nitrogens with zero attached hydrogens (tertiary/aromatic N) is 6. The highest BCUT2D eigenvalue weighted by Crippen LogP contribution is 2.23. The van der Waals surface area contributed by atoms with Crippen LogP contribution in [0.5, 0.6) is 0 Å². The quantitative estimate of drug-likeness (QED) is 0.335. The number of nitro benzene ring substituents is 2. The van der Waals surface area contributed by atoms with Gasteiger partial charge in [-0.3, -0.25) is 20.2 Å². The van der Waals surface area contributed by atoms with Crippen LogP contribution in [0.1, 0.15) is 0 Å². The van der Waals surface area contributed by atoms with E-state index >= 15 is 0 Å². The van der Waals surface area contributed by atoms with E-state index in [4.69, 9.17) is 0 Å². The third kappa shape index (κ3) is 3.61. The topological polar surface area (TPSA) is 143 Å². The molecule has 0 amide bonds. The third-order valence-corrected chi connectivity index (χ3v) is 4.67. The fourth-order valence-corrected chi connectivity index (χ4v) is 3.29. The first-order valence-electron chi connectivity index (χ1n) is 8.67. The van der Waals surface area contributed by atoms with Gasteiger partial charge in [-0.05, 0) is 22.9 Å². The molecule has 12 nitrogen and oxygen atoms in total. The van der Waals surface area contributed by atoms with Crippen LogP contribution >= 0.6 is 0 Å². The van der Waals surface area contributed by atoms with Gasteiger partial charge in [0.1, 0.15) is 0 Å². The normalized spacial score (nSPS) is 11.1. The molecule has 0 aliphatic rings. The van der Waals surface area contributed by atoms with Crippen LogP contribution in [0.4, 0.5) is 11.4 Å². The lowest BCUT2D eigenvalue weighted by atomic mass is 10.2. The molecule has 0 atom stereocenters. The standard InChI is InChI=1S/C18H14N6O6/c25-22(26)17-3-1-13-7-19(9-15(13)5-17)11-21(24(29)30)12-20-8-14-2-4-18(23(27)28)6-16(14)10-20/h1-10H,11-12H2. The van der Waals surface area contributed by atoms with Crippen molar-refractivity contribution in [1.29, 1.82) is 0 Å². The van der Waals surface area contributed by atoms with Gasteiger partial charge in [0.05, 0.1) is 9.85 Å². The van der Waals surface area contributed by atoms with Crippen LogP contribution < -0.4 is 0 Å². The minimum atomic E-state index is -0.541. The van der Waals surface area contributed by atoms with E-state index in [1.54, 1.807) is 46.1 Å². The Morgan fingerprint density at radius 2 is 1.07 bits per heavy atom. The predicted octanol–water partition coefficient (Wildman–Crippen LogP) is 3.52. The predicted molar refractivity (Wildman–Crippen MR) is 106 cm³/mol. The molecule has 0 saturated heterocycles. The van der Waals surface area contributed by atoms with Crippen LogP contribution in [0.3, 0.4) is 0 Å². The lowest BCUT2D eigenvalue weighted by molar-refractivity contribution is -0.670. The molecule has 0 unspecified atom stereocenters. The highest BCUT2D eigenvalue weighted by Gasteiger charge is 2.17. The first-order valence-corrected chi connectivity index (χ1v) is 8.67. The lowest BCUT2D eigenvalue weighted by Gasteiger charge is -2.15. The zero-order valence-corrected chi connectivity index (χ0v) is 15.3. The van der Waals surface area contributed by atoms with Crippen molar-refractivity contribution in [2.24, 2.45) is 0 Å². The number of hydrazine groups is 1. The van der Waals surface area contributed by atoms with Gasteiger partial charge < -0.3 is 9.13 Å². The molecule has 0 fully saturated rings. The smallest absolute Gasteiger partial charge is 0.270 e. The third-order valence-electron chi connectivity index (χ3n) is 4.67. The Kier molecular flexibility index (Phi) is 4.50. The molecular formula is C18H14N6O6. The van der Waals surface area contributed by atoms with Gasteiger partial charge in [-0.15, -0.1) is 0 Å². The number of aromatic nitrogens is 2. The van der Waals surface area contributed by atoms with E-state index in [0.29, 0.717) is 10.8 Å². The number of fused-ring (bicyclic) bond motifs is 2. The Balaban J connectivity index is 1.58. The minimum absolute atomic E-state index is 0.0560. The van der Waals surface area contributed by atoms with E-state index in [1.807, 2.05) is 0 Å². The van der Waals surface area contributed by atoms with Crippen LogP contribution in [0.25, 0.3) is 21.5 Å². The summed E-state index contributed by atoms with van der Waals surface area (Å²) in [5, 5.41) is 36.5. The molecule has 0 aliphatic carbocycles. The van der Waals surface area contributed by atoms with Gasteiger partial charge in [-0.2, -0.15) is 0 Å². The number of benzene rings is 2. The van der Waals surface area contributed by atoms with Crippen molar-refractivity contribution in [1.82, 2.24) is 14.1 Å². The summed E-state index contributed by atoms with van der Waals surface area (Å²) in [5.74, 6) is 0. The van der Waals surface area contributed by atoms with E-state index < -0.39 is 14.9 Å². The molecule has 0 aliphatic heterocycles. The van der Waals surface area contributed by atoms with Crippen molar-refractivity contribution in [2.45, 2.75) is 13.3 Å². The summed E-state index contributed by atoms with van der Waals surface area (Å²) >= 11 is 0. The SMILES string of the molecule is O=[N+]([O-])c1ccc2cn(CN(Cn3cc4ccc([N+](=O)[O-])cc4c3)[N+](=O)[O-])cc2c1. The molecular weight excluding hydrogens is 396 g/mol. The maximum Gasteiger partial charge on any atom is 0.270 e. The van der Waals surface area contributed by atoms with Gasteiger partial charge in [0.15, 0.2) is 18.4 Å². The van der Waals surface area contributed by atoms with Gasteiger partial charge in [-0.1, -0.05) is 5.01 Å². The largest absolute Gasteiger partial charge is 0.330 e. The summed E-state index contributed by atoms with van der Waals surface area (Å²) in [7, 11) is 0. The second kappa shape index (κ2) is 7.16. The van der Waals surface area contributed by atoms with Crippen molar-refractivity contribution in [3.05, 3.63) is 91.5 Å². The van der Waals surface area contributed by atoms with E-state index in [-0.39, 0.29) is 24.7 Å². The van der Waals surface area contributed by atoms with Crippen molar-refractivity contribution in [3.63, 3.8) is 0 Å². The maximum absolute atomic E-state index is 11.6. The summed E-state index contributed by atoms with van der Waals surface area (Å²) in [6, 6.07) is 8.75. The highest BCUT2D eigenvalue weighted by atomic mass is 16.7. The lowest BCUT2D eigenvalue weighted by Crippen LogP contribution is -2.33. The minimum Gasteiger partial charge on any atom is -0.330 e. The van der Waals surface area contributed by atoms with E-state index in [9.17, 15) is 30.3 Å². The number of hydrogen-bond donors (Lipinski definition) is 0. The van der Waals surface area contributed by atoms with E-state index in [2.05, 4.69) is 0 Å². The van der Waals surface area contributed by atoms with Crippen LogP contribution in [0.2, 0.25) is 0 Å². The average molecular weight is 410 g/mol. The Morgan fingerprint density at radius 1 is 0.667 bits per heavy atom. The van der Waals surface area contributed by atoms with Crippen LogP contribution in [-0.2, 0) is 13.3 Å². The van der Waals surface area contributed by atoms with Gasteiger partial charge in [-0.25, -0.2) is 10.1 Å². The molecule has 0 saturated carbocycles. The second-order valence-electron chi connectivity index (χ2n) is 6.71. The summed E-state index contributed by atoms with van der Waals surface area (Å²) in [6.07, 6.45) is 6.55. The molecule has 2 heterocycles. The zero-order chi connectivity index (χ0) is 21.4.